The van der Waals surface area contributed by atoms with Gasteiger partial charge < -0.3 is 25.7 Å². The standard InChI is InChI=1S/C27H26F3N5O4/c1-13-11-35(12-21(25(13)36)34-27(38)39)24-14-4-2-7-18(14)31-10-20(24)33-26(37)19-9-8-17(30)23(32-19)22-15(28)5-3-6-16(22)29/h3,5-6,8-10,13,21,25,34,36H,2,4,7,11-12H2,1H3,(H,33,37)(H,38,39). The number of aliphatic hydroxyl groups excluding tert-OH is 1. The number of hydrogen-bond donors (Lipinski definition) is 4. The summed E-state index contributed by atoms with van der Waals surface area (Å²) in [5.74, 6) is -4.07. The van der Waals surface area contributed by atoms with Crippen LogP contribution in [0.25, 0.3) is 11.3 Å². The second-order valence-electron chi connectivity index (χ2n) is 9.81. The second-order valence-corrected chi connectivity index (χ2v) is 9.81. The van der Waals surface area contributed by atoms with Gasteiger partial charge in [0.25, 0.3) is 5.91 Å². The predicted molar refractivity (Wildman–Crippen MR) is 136 cm³/mol. The highest BCUT2D eigenvalue weighted by Crippen LogP contribution is 2.38. The molecular weight excluding hydrogens is 515 g/mol. The number of anilines is 2. The molecular formula is C27H26F3N5O4. The SMILES string of the molecule is CC1CN(c2c(NC(=O)c3ccc(F)c(-c4c(F)cccc4F)n3)cnc3c2CCC3)CC(NC(=O)O)C1O. The molecule has 0 saturated carbocycles. The molecule has 1 aliphatic carbocycles. The number of fused-ring (bicyclic) bond motifs is 1. The Hall–Kier alpha value is -4.19. The van der Waals surface area contributed by atoms with Crippen molar-refractivity contribution in [3.8, 4) is 11.3 Å². The summed E-state index contributed by atoms with van der Waals surface area (Å²) >= 11 is 0. The third-order valence-electron chi connectivity index (χ3n) is 7.15. The number of aliphatic hydroxyl groups is 1. The molecule has 39 heavy (non-hydrogen) atoms. The van der Waals surface area contributed by atoms with E-state index in [1.165, 1.54) is 6.20 Å². The molecule has 2 aromatic heterocycles. The Kier molecular flexibility index (Phi) is 7.13. The smallest absolute Gasteiger partial charge is 0.405 e. The number of nitrogens with zero attached hydrogens (tertiary/aromatic N) is 3. The maximum Gasteiger partial charge on any atom is 0.405 e. The van der Waals surface area contributed by atoms with E-state index in [9.17, 15) is 33.0 Å². The van der Waals surface area contributed by atoms with Gasteiger partial charge in [-0.2, -0.15) is 0 Å². The summed E-state index contributed by atoms with van der Waals surface area (Å²) in [5, 5.41) is 24.9. The fourth-order valence-corrected chi connectivity index (χ4v) is 5.34. The summed E-state index contributed by atoms with van der Waals surface area (Å²) in [6.07, 6.45) is 1.63. The topological polar surface area (TPSA) is 128 Å². The Bertz CT molecular complexity index is 1430. The summed E-state index contributed by atoms with van der Waals surface area (Å²) < 4.78 is 43.2. The van der Waals surface area contributed by atoms with Gasteiger partial charge in [0, 0.05) is 24.7 Å². The van der Waals surface area contributed by atoms with E-state index in [0.717, 1.165) is 54.4 Å². The average molecular weight is 542 g/mol. The summed E-state index contributed by atoms with van der Waals surface area (Å²) in [4.78, 5) is 34.9. The highest BCUT2D eigenvalue weighted by molar-refractivity contribution is 6.05. The molecule has 2 amide bonds. The van der Waals surface area contributed by atoms with E-state index in [-0.39, 0.29) is 18.2 Å². The van der Waals surface area contributed by atoms with Crippen molar-refractivity contribution in [1.82, 2.24) is 15.3 Å². The number of hydrogen-bond acceptors (Lipinski definition) is 6. The van der Waals surface area contributed by atoms with Crippen LogP contribution >= 0.6 is 0 Å². The number of aryl methyl sites for hydroxylation is 1. The van der Waals surface area contributed by atoms with Crippen LogP contribution in [-0.4, -0.2) is 57.4 Å². The molecule has 0 bridgehead atoms. The van der Waals surface area contributed by atoms with Crippen molar-refractivity contribution in [1.29, 1.82) is 0 Å². The largest absolute Gasteiger partial charge is 0.465 e. The van der Waals surface area contributed by atoms with Crippen LogP contribution in [0, 0.1) is 23.4 Å². The number of amides is 2. The van der Waals surface area contributed by atoms with Crippen LogP contribution in [0.1, 0.15) is 35.1 Å². The Morgan fingerprint density at radius 2 is 1.79 bits per heavy atom. The lowest BCUT2D eigenvalue weighted by molar-refractivity contribution is 0.0633. The number of carbonyl (C=O) groups is 2. The van der Waals surface area contributed by atoms with Gasteiger partial charge in [-0.1, -0.05) is 13.0 Å². The zero-order valence-corrected chi connectivity index (χ0v) is 20.9. The van der Waals surface area contributed by atoms with Crippen LogP contribution in [0.2, 0.25) is 0 Å². The molecule has 1 fully saturated rings. The van der Waals surface area contributed by atoms with Crippen molar-refractivity contribution in [2.24, 2.45) is 5.92 Å². The van der Waals surface area contributed by atoms with Crippen molar-refractivity contribution in [2.75, 3.05) is 23.3 Å². The minimum atomic E-state index is -1.26. The lowest BCUT2D eigenvalue weighted by Crippen LogP contribution is -2.58. The first-order valence-electron chi connectivity index (χ1n) is 12.5. The van der Waals surface area contributed by atoms with Crippen LogP contribution in [0.4, 0.5) is 29.3 Å². The van der Waals surface area contributed by atoms with E-state index >= 15 is 0 Å². The van der Waals surface area contributed by atoms with Gasteiger partial charge in [0.1, 0.15) is 28.8 Å². The number of nitrogens with one attached hydrogen (secondary N) is 2. The predicted octanol–water partition coefficient (Wildman–Crippen LogP) is 3.76. The van der Waals surface area contributed by atoms with Gasteiger partial charge in [-0.05, 0) is 49.1 Å². The molecule has 3 aromatic rings. The summed E-state index contributed by atoms with van der Waals surface area (Å²) in [7, 11) is 0. The normalized spacial score (nSPS) is 20.4. The van der Waals surface area contributed by atoms with Crippen LogP contribution < -0.4 is 15.5 Å². The van der Waals surface area contributed by atoms with Gasteiger partial charge in [0.15, 0.2) is 0 Å². The summed E-state index contributed by atoms with van der Waals surface area (Å²) in [6.45, 7) is 2.35. The van der Waals surface area contributed by atoms with Gasteiger partial charge in [-0.25, -0.2) is 22.9 Å². The van der Waals surface area contributed by atoms with Crippen LogP contribution in [0.5, 0.6) is 0 Å². The number of carbonyl (C=O) groups excluding carboxylic acids is 1. The first kappa shape index (κ1) is 26.4. The molecule has 9 nitrogen and oxygen atoms in total. The molecule has 0 spiro atoms. The minimum absolute atomic E-state index is 0.155. The molecule has 5 rings (SSSR count). The number of aromatic nitrogens is 2. The second kappa shape index (κ2) is 10.5. The van der Waals surface area contributed by atoms with Crippen molar-refractivity contribution in [3.05, 3.63) is 70.9 Å². The number of piperidine rings is 1. The van der Waals surface area contributed by atoms with Gasteiger partial charge >= 0.3 is 6.09 Å². The molecule has 12 heteroatoms. The molecule has 1 aromatic carbocycles. The lowest BCUT2D eigenvalue weighted by atomic mass is 9.91. The Morgan fingerprint density at radius 1 is 1.05 bits per heavy atom. The maximum absolute atomic E-state index is 14.5. The zero-order chi connectivity index (χ0) is 27.8. The highest BCUT2D eigenvalue weighted by Gasteiger charge is 2.37. The van der Waals surface area contributed by atoms with E-state index < -0.39 is 52.9 Å². The van der Waals surface area contributed by atoms with Crippen LogP contribution in [0.15, 0.2) is 36.5 Å². The summed E-state index contributed by atoms with van der Waals surface area (Å²) in [5.41, 5.74) is 1.17. The van der Waals surface area contributed by atoms with Crippen molar-refractivity contribution in [3.63, 3.8) is 0 Å². The van der Waals surface area contributed by atoms with E-state index in [1.807, 2.05) is 4.90 Å². The van der Waals surface area contributed by atoms with Crippen molar-refractivity contribution >= 4 is 23.4 Å². The number of pyridine rings is 2. The van der Waals surface area contributed by atoms with E-state index in [0.29, 0.717) is 24.3 Å². The van der Waals surface area contributed by atoms with E-state index in [1.54, 1.807) is 6.92 Å². The first-order valence-corrected chi connectivity index (χ1v) is 12.5. The zero-order valence-electron chi connectivity index (χ0n) is 20.9. The molecule has 1 saturated heterocycles. The highest BCUT2D eigenvalue weighted by atomic mass is 19.1. The molecule has 3 heterocycles. The van der Waals surface area contributed by atoms with Crippen LogP contribution in [-0.2, 0) is 12.8 Å². The summed E-state index contributed by atoms with van der Waals surface area (Å²) in [6, 6.07) is 4.34. The number of halogens is 3. The fourth-order valence-electron chi connectivity index (χ4n) is 5.34. The lowest BCUT2D eigenvalue weighted by Gasteiger charge is -2.42. The maximum atomic E-state index is 14.5. The Balaban J connectivity index is 1.50. The first-order chi connectivity index (χ1) is 18.6. The van der Waals surface area contributed by atoms with Gasteiger partial charge in [-0.3, -0.25) is 9.78 Å². The third kappa shape index (κ3) is 5.11. The quantitative estimate of drug-likeness (QED) is 0.387. The molecule has 3 atom stereocenters. The van der Waals surface area contributed by atoms with Crippen molar-refractivity contribution < 1.29 is 33.0 Å². The fraction of sp³-hybridized carbons (Fsp3) is 0.333. The monoisotopic (exact) mass is 541 g/mol. The van der Waals surface area contributed by atoms with E-state index in [2.05, 4.69) is 20.6 Å². The number of carboxylic acid groups (broad SMARTS) is 1. The van der Waals surface area contributed by atoms with Gasteiger partial charge in [0.05, 0.1) is 35.3 Å². The molecule has 1 aliphatic heterocycles. The molecule has 204 valence electrons. The van der Waals surface area contributed by atoms with Gasteiger partial charge in [0.2, 0.25) is 0 Å². The van der Waals surface area contributed by atoms with E-state index in [4.69, 9.17) is 0 Å². The molecule has 3 unspecified atom stereocenters. The number of rotatable bonds is 5. The molecule has 0 radical (unpaired) electrons. The number of benzene rings is 1. The minimum Gasteiger partial charge on any atom is -0.465 e. The average Bonchev–Trinajstić information content (AvgIpc) is 3.36. The Labute approximate surface area is 221 Å². The third-order valence-corrected chi connectivity index (χ3v) is 7.15. The molecule has 2 aliphatic rings. The van der Waals surface area contributed by atoms with Crippen molar-refractivity contribution in [2.45, 2.75) is 38.3 Å². The van der Waals surface area contributed by atoms with Gasteiger partial charge in [-0.15, -0.1) is 0 Å². The Morgan fingerprint density at radius 3 is 2.51 bits per heavy atom. The molecule has 4 N–H and O–H groups in total. The van der Waals surface area contributed by atoms with Crippen LogP contribution in [0.3, 0.4) is 0 Å².